The maximum absolute atomic E-state index is 14.5. The molecule has 2 aliphatic heterocycles. The van der Waals surface area contributed by atoms with Gasteiger partial charge in [-0.2, -0.15) is 0 Å². The zero-order valence-corrected chi connectivity index (χ0v) is 15.7. The second kappa shape index (κ2) is 7.76. The largest absolute Gasteiger partial charge is 0.326 e. The average Bonchev–Trinajstić information content (AvgIpc) is 2.91. The molecule has 0 saturated carbocycles. The Bertz CT molecular complexity index is 834. The Kier molecular flexibility index (Phi) is 5.20. The van der Waals surface area contributed by atoms with Crippen LogP contribution in [0.25, 0.3) is 11.4 Å². The zero-order chi connectivity index (χ0) is 18.8. The minimum absolute atomic E-state index is 0.000908. The van der Waals surface area contributed by atoms with Gasteiger partial charge in [-0.05, 0) is 57.4 Å². The number of carbonyl (C=O) groups excluding carboxylic acids is 1. The molecule has 0 aliphatic carbocycles. The molecule has 6 nitrogen and oxygen atoms in total. The van der Waals surface area contributed by atoms with E-state index in [0.29, 0.717) is 23.1 Å². The van der Waals surface area contributed by atoms with Crippen molar-refractivity contribution >= 4 is 11.6 Å². The predicted octanol–water partition coefficient (Wildman–Crippen LogP) is 3.14. The van der Waals surface area contributed by atoms with E-state index in [9.17, 15) is 9.18 Å². The molecule has 2 atom stereocenters. The molecule has 0 radical (unpaired) electrons. The van der Waals surface area contributed by atoms with Gasteiger partial charge >= 0.3 is 0 Å². The van der Waals surface area contributed by atoms with E-state index in [1.54, 1.807) is 12.1 Å². The molecular formula is C20H26FN5O. The molecule has 4 rings (SSSR count). The van der Waals surface area contributed by atoms with E-state index in [4.69, 9.17) is 0 Å². The van der Waals surface area contributed by atoms with Gasteiger partial charge in [0.25, 0.3) is 0 Å². The first-order chi connectivity index (χ1) is 13.1. The number of carbonyl (C=O) groups is 1. The second-order valence-corrected chi connectivity index (χ2v) is 7.66. The van der Waals surface area contributed by atoms with Gasteiger partial charge in [0, 0.05) is 30.6 Å². The van der Waals surface area contributed by atoms with Crippen molar-refractivity contribution in [1.29, 1.82) is 0 Å². The third-order valence-corrected chi connectivity index (χ3v) is 5.58. The number of hydrogen-bond acceptors (Lipinski definition) is 4. The van der Waals surface area contributed by atoms with Gasteiger partial charge in [-0.15, -0.1) is 10.2 Å². The average molecular weight is 371 g/mol. The van der Waals surface area contributed by atoms with E-state index in [-0.39, 0.29) is 17.6 Å². The van der Waals surface area contributed by atoms with Gasteiger partial charge in [0.2, 0.25) is 5.91 Å². The summed E-state index contributed by atoms with van der Waals surface area (Å²) in [6, 6.07) is 5.03. The minimum atomic E-state index is -0.345. The van der Waals surface area contributed by atoms with Crippen molar-refractivity contribution in [3.05, 3.63) is 29.8 Å². The Balaban J connectivity index is 1.57. The van der Waals surface area contributed by atoms with Crippen molar-refractivity contribution in [2.24, 2.45) is 5.92 Å². The summed E-state index contributed by atoms with van der Waals surface area (Å²) in [6.07, 6.45) is 5.80. The van der Waals surface area contributed by atoms with Crippen LogP contribution in [0.3, 0.4) is 0 Å². The van der Waals surface area contributed by atoms with Crippen LogP contribution in [0.5, 0.6) is 0 Å². The molecule has 0 bridgehead atoms. The number of halogens is 1. The molecule has 1 fully saturated rings. The number of piperidine rings is 1. The zero-order valence-electron chi connectivity index (χ0n) is 15.7. The first-order valence-electron chi connectivity index (χ1n) is 9.88. The molecule has 7 heteroatoms. The molecule has 1 saturated heterocycles. The topological polar surface area (TPSA) is 71.8 Å². The number of hydrogen-bond donors (Lipinski definition) is 2. The van der Waals surface area contributed by atoms with Crippen molar-refractivity contribution < 1.29 is 9.18 Å². The normalized spacial score (nSPS) is 22.7. The third-order valence-electron chi connectivity index (χ3n) is 5.58. The number of nitrogens with zero attached hydrogens (tertiary/aromatic N) is 3. The summed E-state index contributed by atoms with van der Waals surface area (Å²) >= 11 is 0. The predicted molar refractivity (Wildman–Crippen MR) is 102 cm³/mol. The number of nitrogens with one attached hydrogen (secondary N) is 2. The molecule has 1 aromatic carbocycles. The summed E-state index contributed by atoms with van der Waals surface area (Å²) in [5.41, 5.74) is 1.00. The Morgan fingerprint density at radius 3 is 3.04 bits per heavy atom. The summed E-state index contributed by atoms with van der Waals surface area (Å²) in [6.45, 7) is 3.74. The fraction of sp³-hybridized carbons (Fsp3) is 0.550. The monoisotopic (exact) mass is 371 g/mol. The maximum Gasteiger partial charge on any atom is 0.227 e. The van der Waals surface area contributed by atoms with Crippen LogP contribution < -0.4 is 10.6 Å². The summed E-state index contributed by atoms with van der Waals surface area (Å²) in [7, 11) is 0. The van der Waals surface area contributed by atoms with Gasteiger partial charge in [-0.1, -0.05) is 6.42 Å². The quantitative estimate of drug-likeness (QED) is 0.870. The Morgan fingerprint density at radius 1 is 1.30 bits per heavy atom. The molecule has 2 aliphatic rings. The number of rotatable bonds is 3. The van der Waals surface area contributed by atoms with Crippen molar-refractivity contribution in [2.75, 3.05) is 11.9 Å². The lowest BCUT2D eigenvalue weighted by molar-refractivity contribution is -0.120. The Morgan fingerprint density at radius 2 is 2.19 bits per heavy atom. The van der Waals surface area contributed by atoms with Crippen molar-refractivity contribution in [2.45, 2.75) is 58.0 Å². The highest BCUT2D eigenvalue weighted by Gasteiger charge is 2.25. The molecule has 27 heavy (non-hydrogen) atoms. The number of benzene rings is 1. The molecular weight excluding hydrogens is 345 g/mol. The van der Waals surface area contributed by atoms with Crippen molar-refractivity contribution in [3.63, 3.8) is 0 Å². The highest BCUT2D eigenvalue weighted by molar-refractivity contribution is 5.93. The van der Waals surface area contributed by atoms with Crippen LogP contribution in [0.2, 0.25) is 0 Å². The fourth-order valence-electron chi connectivity index (χ4n) is 4.07. The lowest BCUT2D eigenvalue weighted by Crippen LogP contribution is -2.40. The summed E-state index contributed by atoms with van der Waals surface area (Å²) in [4.78, 5) is 12.6. The van der Waals surface area contributed by atoms with Crippen LogP contribution in [0.1, 0.15) is 44.9 Å². The minimum Gasteiger partial charge on any atom is -0.326 e. The smallest absolute Gasteiger partial charge is 0.227 e. The molecule has 3 heterocycles. The van der Waals surface area contributed by atoms with Gasteiger partial charge in [0.15, 0.2) is 5.82 Å². The SMILES string of the molecule is C[C@H]1C[C@@H](C(=O)Nc2ccc(F)c(-c3nnc4n3CCCCC4)c2)CCN1. The first kappa shape index (κ1) is 18.1. The van der Waals surface area contributed by atoms with Gasteiger partial charge in [0.05, 0.1) is 5.56 Å². The molecule has 1 amide bonds. The van der Waals surface area contributed by atoms with Gasteiger partial charge in [-0.25, -0.2) is 4.39 Å². The highest BCUT2D eigenvalue weighted by atomic mass is 19.1. The lowest BCUT2D eigenvalue weighted by atomic mass is 9.92. The molecule has 1 aromatic heterocycles. The molecule has 0 spiro atoms. The van der Waals surface area contributed by atoms with E-state index in [0.717, 1.165) is 57.4 Å². The first-order valence-corrected chi connectivity index (χ1v) is 9.88. The Labute approximate surface area is 158 Å². The number of aryl methyl sites for hydroxylation is 1. The van der Waals surface area contributed by atoms with E-state index >= 15 is 0 Å². The highest BCUT2D eigenvalue weighted by Crippen LogP contribution is 2.28. The van der Waals surface area contributed by atoms with Crippen LogP contribution in [0.4, 0.5) is 10.1 Å². The van der Waals surface area contributed by atoms with Crippen LogP contribution >= 0.6 is 0 Å². The van der Waals surface area contributed by atoms with E-state index in [2.05, 4.69) is 27.8 Å². The van der Waals surface area contributed by atoms with Crippen LogP contribution in [0, 0.1) is 11.7 Å². The molecule has 2 N–H and O–H groups in total. The Hall–Kier alpha value is -2.28. The van der Waals surface area contributed by atoms with Crippen LogP contribution in [0.15, 0.2) is 18.2 Å². The van der Waals surface area contributed by atoms with E-state index in [1.807, 2.05) is 4.57 Å². The number of anilines is 1. The van der Waals surface area contributed by atoms with Crippen molar-refractivity contribution in [3.8, 4) is 11.4 Å². The lowest BCUT2D eigenvalue weighted by Gasteiger charge is -2.27. The maximum atomic E-state index is 14.5. The van der Waals surface area contributed by atoms with Gasteiger partial charge in [-0.3, -0.25) is 4.79 Å². The number of aromatic nitrogens is 3. The molecule has 0 unspecified atom stereocenters. The summed E-state index contributed by atoms with van der Waals surface area (Å²) < 4.78 is 16.6. The fourth-order valence-corrected chi connectivity index (χ4v) is 4.07. The standard InChI is InChI=1S/C20H26FN5O/c1-13-11-14(8-9-22-13)20(27)23-15-6-7-17(21)16(12-15)19-25-24-18-5-3-2-4-10-26(18)19/h6-7,12-14,22H,2-5,8-11H2,1H3,(H,23,27)/t13-,14-/m0/s1. The second-order valence-electron chi connectivity index (χ2n) is 7.66. The van der Waals surface area contributed by atoms with Gasteiger partial charge < -0.3 is 15.2 Å². The van der Waals surface area contributed by atoms with Crippen LogP contribution in [-0.4, -0.2) is 33.3 Å². The summed E-state index contributed by atoms with van der Waals surface area (Å²) in [5.74, 6) is 1.11. The molecule has 144 valence electrons. The summed E-state index contributed by atoms with van der Waals surface area (Å²) in [5, 5.41) is 14.8. The van der Waals surface area contributed by atoms with E-state index in [1.165, 1.54) is 6.07 Å². The van der Waals surface area contributed by atoms with E-state index < -0.39 is 0 Å². The molecule has 2 aromatic rings. The van der Waals surface area contributed by atoms with Crippen molar-refractivity contribution in [1.82, 2.24) is 20.1 Å². The third kappa shape index (κ3) is 3.88. The van der Waals surface area contributed by atoms with Crippen LogP contribution in [-0.2, 0) is 17.8 Å². The number of amides is 1. The number of fused-ring (bicyclic) bond motifs is 1. The van der Waals surface area contributed by atoms with Gasteiger partial charge in [0.1, 0.15) is 11.6 Å².